The molecule has 6 nitrogen and oxygen atoms in total. The zero-order valence-corrected chi connectivity index (χ0v) is 14.6. The van der Waals surface area contributed by atoms with E-state index < -0.39 is 10.0 Å². The highest BCUT2D eigenvalue weighted by atomic mass is 32.2. The van der Waals surface area contributed by atoms with E-state index in [2.05, 4.69) is 0 Å². The molecule has 0 unspecified atom stereocenters. The number of piperidine rings is 1. The average molecular weight is 352 g/mol. The van der Waals surface area contributed by atoms with E-state index in [0.29, 0.717) is 45.0 Å². The molecule has 1 atom stereocenters. The molecule has 3 rings (SSSR count). The van der Waals surface area contributed by atoms with Crippen molar-refractivity contribution in [1.82, 2.24) is 9.21 Å². The molecule has 1 amide bonds. The summed E-state index contributed by atoms with van der Waals surface area (Å²) in [6.07, 6.45) is 1.70. The van der Waals surface area contributed by atoms with E-state index in [9.17, 15) is 13.2 Å². The number of morpholine rings is 1. The van der Waals surface area contributed by atoms with Gasteiger partial charge in [0.2, 0.25) is 10.0 Å². The third-order valence-corrected chi connectivity index (χ3v) is 6.68. The predicted octanol–water partition coefficient (Wildman–Crippen LogP) is 1.20. The van der Waals surface area contributed by atoms with Gasteiger partial charge < -0.3 is 9.64 Å². The summed E-state index contributed by atoms with van der Waals surface area (Å²) in [5.74, 6) is 0.106. The van der Waals surface area contributed by atoms with Crippen LogP contribution in [0, 0.1) is 5.92 Å². The highest BCUT2D eigenvalue weighted by molar-refractivity contribution is 7.89. The first-order valence-electron chi connectivity index (χ1n) is 8.46. The van der Waals surface area contributed by atoms with Gasteiger partial charge in [-0.3, -0.25) is 4.79 Å². The Morgan fingerprint density at radius 1 is 1.12 bits per heavy atom. The van der Waals surface area contributed by atoms with Crippen molar-refractivity contribution in [2.75, 3.05) is 45.1 Å². The Kier molecular flexibility index (Phi) is 5.53. The van der Waals surface area contributed by atoms with E-state index in [0.717, 1.165) is 12.8 Å². The Morgan fingerprint density at radius 2 is 1.83 bits per heavy atom. The summed E-state index contributed by atoms with van der Waals surface area (Å²) < 4.78 is 31.9. The maximum atomic E-state index is 12.6. The summed E-state index contributed by atoms with van der Waals surface area (Å²) in [6, 6.07) is 9.17. The molecule has 0 radical (unpaired) electrons. The number of rotatable bonds is 4. The molecule has 132 valence electrons. The number of nitrogens with zero attached hydrogens (tertiary/aromatic N) is 2. The van der Waals surface area contributed by atoms with Crippen LogP contribution < -0.4 is 0 Å². The summed E-state index contributed by atoms with van der Waals surface area (Å²) in [5.41, 5.74) is 0.661. The second kappa shape index (κ2) is 7.63. The molecule has 7 heteroatoms. The van der Waals surface area contributed by atoms with Crippen LogP contribution in [0.2, 0.25) is 0 Å². The van der Waals surface area contributed by atoms with E-state index in [1.165, 1.54) is 4.31 Å². The Morgan fingerprint density at radius 3 is 2.54 bits per heavy atom. The Bertz CT molecular complexity index is 656. The maximum Gasteiger partial charge on any atom is 0.253 e. The molecule has 2 saturated heterocycles. The zero-order valence-electron chi connectivity index (χ0n) is 13.8. The van der Waals surface area contributed by atoms with Crippen LogP contribution in [0.15, 0.2) is 30.3 Å². The molecular weight excluding hydrogens is 328 g/mol. The second-order valence-electron chi connectivity index (χ2n) is 6.42. The minimum atomic E-state index is -3.28. The van der Waals surface area contributed by atoms with E-state index in [1.54, 1.807) is 17.0 Å². The van der Waals surface area contributed by atoms with Gasteiger partial charge in [0.25, 0.3) is 5.91 Å². The highest BCUT2D eigenvalue weighted by Crippen LogP contribution is 2.21. The minimum absolute atomic E-state index is 0.000688. The van der Waals surface area contributed by atoms with E-state index in [1.807, 2.05) is 18.2 Å². The standard InChI is InChI=1S/C17H24N2O4S/c20-17(16-6-2-1-3-7-16)18-8-4-5-15(13-18)14-24(21,22)19-9-11-23-12-10-19/h1-3,6-7,15H,4-5,8-14H2/t15-/m0/s1. The zero-order chi connectivity index (χ0) is 17.0. The number of hydrogen-bond acceptors (Lipinski definition) is 4. The molecule has 2 fully saturated rings. The Labute approximate surface area is 143 Å². The van der Waals surface area contributed by atoms with Crippen LogP contribution in [0.5, 0.6) is 0 Å². The molecule has 0 bridgehead atoms. The number of hydrogen-bond donors (Lipinski definition) is 0. The van der Waals surface area contributed by atoms with Crippen molar-refractivity contribution in [2.45, 2.75) is 12.8 Å². The van der Waals surface area contributed by atoms with Crippen LogP contribution in [-0.2, 0) is 14.8 Å². The first-order valence-corrected chi connectivity index (χ1v) is 10.1. The third-order valence-electron chi connectivity index (χ3n) is 4.64. The number of likely N-dealkylation sites (tertiary alicyclic amines) is 1. The molecule has 0 saturated carbocycles. The number of carbonyl (C=O) groups excluding carboxylic acids is 1. The lowest BCUT2D eigenvalue weighted by Crippen LogP contribution is -2.46. The summed E-state index contributed by atoms with van der Waals surface area (Å²) in [7, 11) is -3.28. The van der Waals surface area contributed by atoms with Crippen molar-refractivity contribution in [3.05, 3.63) is 35.9 Å². The van der Waals surface area contributed by atoms with Gasteiger partial charge in [-0.15, -0.1) is 0 Å². The second-order valence-corrected chi connectivity index (χ2v) is 8.43. The molecule has 0 N–H and O–H groups in total. The minimum Gasteiger partial charge on any atom is -0.379 e. The third kappa shape index (κ3) is 4.15. The fraction of sp³-hybridized carbons (Fsp3) is 0.588. The van der Waals surface area contributed by atoms with Crippen molar-refractivity contribution < 1.29 is 17.9 Å². The monoisotopic (exact) mass is 352 g/mol. The lowest BCUT2D eigenvalue weighted by atomic mass is 9.99. The molecule has 1 aromatic rings. The molecular formula is C17H24N2O4S. The summed E-state index contributed by atoms with van der Waals surface area (Å²) in [5, 5.41) is 0. The fourth-order valence-electron chi connectivity index (χ4n) is 3.38. The molecule has 0 aromatic heterocycles. The van der Waals surface area contributed by atoms with E-state index in [-0.39, 0.29) is 17.6 Å². The van der Waals surface area contributed by atoms with Crippen LogP contribution in [0.25, 0.3) is 0 Å². The summed E-state index contributed by atoms with van der Waals surface area (Å²) in [4.78, 5) is 14.4. The smallest absolute Gasteiger partial charge is 0.253 e. The van der Waals surface area contributed by atoms with Gasteiger partial charge in [0.1, 0.15) is 0 Å². The summed E-state index contributed by atoms with van der Waals surface area (Å²) in [6.45, 7) is 2.99. The van der Waals surface area contributed by atoms with Crippen molar-refractivity contribution in [1.29, 1.82) is 0 Å². The predicted molar refractivity (Wildman–Crippen MR) is 91.2 cm³/mol. The van der Waals surface area contributed by atoms with Gasteiger partial charge in [0.05, 0.1) is 19.0 Å². The first-order chi connectivity index (χ1) is 11.6. The van der Waals surface area contributed by atoms with Crippen LogP contribution in [0.1, 0.15) is 23.2 Å². The Balaban J connectivity index is 1.62. The van der Waals surface area contributed by atoms with Crippen molar-refractivity contribution in [3.63, 3.8) is 0 Å². The van der Waals surface area contributed by atoms with E-state index >= 15 is 0 Å². The van der Waals surface area contributed by atoms with Crippen molar-refractivity contribution in [2.24, 2.45) is 5.92 Å². The van der Waals surface area contributed by atoms with Crippen molar-refractivity contribution in [3.8, 4) is 0 Å². The van der Waals surface area contributed by atoms with E-state index in [4.69, 9.17) is 4.74 Å². The van der Waals surface area contributed by atoms with Gasteiger partial charge in [0.15, 0.2) is 0 Å². The topological polar surface area (TPSA) is 66.9 Å². The normalized spacial score (nSPS) is 23.2. The van der Waals surface area contributed by atoms with Crippen LogP contribution in [-0.4, -0.2) is 68.7 Å². The fourth-order valence-corrected chi connectivity index (χ4v) is 5.16. The highest BCUT2D eigenvalue weighted by Gasteiger charge is 2.31. The van der Waals surface area contributed by atoms with Gasteiger partial charge in [-0.25, -0.2) is 8.42 Å². The number of carbonyl (C=O) groups is 1. The molecule has 2 aliphatic heterocycles. The van der Waals surface area contributed by atoms with Crippen molar-refractivity contribution >= 4 is 15.9 Å². The average Bonchev–Trinajstić information content (AvgIpc) is 2.62. The molecule has 1 aromatic carbocycles. The lowest BCUT2D eigenvalue weighted by molar-refractivity contribution is 0.0674. The van der Waals surface area contributed by atoms with Gasteiger partial charge in [-0.2, -0.15) is 4.31 Å². The van der Waals surface area contributed by atoms with Gasteiger partial charge in [-0.05, 0) is 30.9 Å². The number of sulfonamides is 1. The number of benzene rings is 1. The van der Waals surface area contributed by atoms with Crippen LogP contribution in [0.3, 0.4) is 0 Å². The lowest BCUT2D eigenvalue weighted by Gasteiger charge is -2.34. The van der Waals surface area contributed by atoms with Gasteiger partial charge in [0, 0.05) is 31.7 Å². The molecule has 24 heavy (non-hydrogen) atoms. The summed E-state index contributed by atoms with van der Waals surface area (Å²) >= 11 is 0. The quantitative estimate of drug-likeness (QED) is 0.817. The van der Waals surface area contributed by atoms with Crippen LogP contribution in [0.4, 0.5) is 0 Å². The SMILES string of the molecule is O=C(c1ccccc1)N1CCC[C@H](CS(=O)(=O)N2CCOCC2)C1. The molecule has 2 heterocycles. The molecule has 0 aliphatic carbocycles. The van der Waals surface area contributed by atoms with Gasteiger partial charge in [-0.1, -0.05) is 18.2 Å². The molecule has 2 aliphatic rings. The van der Waals surface area contributed by atoms with Crippen LogP contribution >= 0.6 is 0 Å². The number of ether oxygens (including phenoxy) is 1. The first kappa shape index (κ1) is 17.4. The molecule has 0 spiro atoms. The Hall–Kier alpha value is -1.44. The maximum absolute atomic E-state index is 12.6. The van der Waals surface area contributed by atoms with Gasteiger partial charge >= 0.3 is 0 Å². The number of amides is 1. The largest absolute Gasteiger partial charge is 0.379 e.